The SMILES string of the molecule is CC(N)c1ccc(S(=O)(=O)NCC(C)(C)C(N)=O)cc1. The number of sulfonamides is 1. The van der Waals surface area contributed by atoms with Gasteiger partial charge in [0.1, 0.15) is 0 Å². The van der Waals surface area contributed by atoms with Crippen molar-refractivity contribution in [2.75, 3.05) is 6.54 Å². The number of carbonyl (C=O) groups is 1. The minimum atomic E-state index is -3.67. The highest BCUT2D eigenvalue weighted by Gasteiger charge is 2.27. The monoisotopic (exact) mass is 299 g/mol. The zero-order valence-corrected chi connectivity index (χ0v) is 12.7. The Labute approximate surface area is 119 Å². The first-order valence-corrected chi connectivity index (χ1v) is 7.70. The Morgan fingerprint density at radius 2 is 1.80 bits per heavy atom. The van der Waals surface area contributed by atoms with Crippen LogP contribution in [-0.4, -0.2) is 20.9 Å². The number of hydrogen-bond donors (Lipinski definition) is 3. The Bertz CT molecular complexity index is 577. The van der Waals surface area contributed by atoms with Crippen molar-refractivity contribution in [1.82, 2.24) is 4.72 Å². The van der Waals surface area contributed by atoms with E-state index in [0.717, 1.165) is 5.56 Å². The van der Waals surface area contributed by atoms with Crippen molar-refractivity contribution in [1.29, 1.82) is 0 Å². The fourth-order valence-corrected chi connectivity index (χ4v) is 2.61. The van der Waals surface area contributed by atoms with E-state index in [2.05, 4.69) is 4.72 Å². The molecule has 1 unspecified atom stereocenters. The van der Waals surface area contributed by atoms with Crippen molar-refractivity contribution in [2.45, 2.75) is 31.7 Å². The van der Waals surface area contributed by atoms with Crippen molar-refractivity contribution in [3.8, 4) is 0 Å². The third kappa shape index (κ3) is 4.03. The lowest BCUT2D eigenvalue weighted by molar-refractivity contribution is -0.125. The second kappa shape index (κ2) is 5.90. The number of nitrogens with two attached hydrogens (primary N) is 2. The van der Waals surface area contributed by atoms with Crippen molar-refractivity contribution < 1.29 is 13.2 Å². The Morgan fingerprint density at radius 3 is 2.20 bits per heavy atom. The summed E-state index contributed by atoms with van der Waals surface area (Å²) in [6.07, 6.45) is 0. The molecule has 0 spiro atoms. The topological polar surface area (TPSA) is 115 Å². The van der Waals surface area contributed by atoms with Gasteiger partial charge in [-0.1, -0.05) is 12.1 Å². The fourth-order valence-electron chi connectivity index (χ4n) is 1.40. The third-order valence-electron chi connectivity index (χ3n) is 3.09. The normalized spacial score (nSPS) is 14.0. The van der Waals surface area contributed by atoms with Crippen LogP contribution in [0.5, 0.6) is 0 Å². The van der Waals surface area contributed by atoms with Gasteiger partial charge in [-0.15, -0.1) is 0 Å². The van der Waals surface area contributed by atoms with Crippen LogP contribution in [0, 0.1) is 5.41 Å². The second-order valence-corrected chi connectivity index (χ2v) is 7.20. The molecule has 6 nitrogen and oxygen atoms in total. The van der Waals surface area contributed by atoms with Crippen molar-refractivity contribution >= 4 is 15.9 Å². The zero-order chi connectivity index (χ0) is 15.6. The molecule has 0 aliphatic heterocycles. The van der Waals surface area contributed by atoms with Crippen LogP contribution in [-0.2, 0) is 14.8 Å². The molecule has 0 heterocycles. The maximum Gasteiger partial charge on any atom is 0.240 e. The molecule has 1 aromatic carbocycles. The maximum absolute atomic E-state index is 12.1. The van der Waals surface area contributed by atoms with Gasteiger partial charge >= 0.3 is 0 Å². The van der Waals surface area contributed by atoms with E-state index in [4.69, 9.17) is 11.5 Å². The molecule has 0 saturated carbocycles. The van der Waals surface area contributed by atoms with Crippen LogP contribution in [0.2, 0.25) is 0 Å². The van der Waals surface area contributed by atoms with Gasteiger partial charge in [-0.05, 0) is 38.5 Å². The van der Waals surface area contributed by atoms with E-state index in [1.165, 1.54) is 12.1 Å². The number of benzene rings is 1. The Kier molecular flexibility index (Phi) is 4.90. The molecule has 0 aromatic heterocycles. The lowest BCUT2D eigenvalue weighted by atomic mass is 9.93. The predicted molar refractivity (Wildman–Crippen MR) is 77.2 cm³/mol. The molecule has 7 heteroatoms. The molecule has 20 heavy (non-hydrogen) atoms. The maximum atomic E-state index is 12.1. The smallest absolute Gasteiger partial charge is 0.240 e. The fraction of sp³-hybridized carbons (Fsp3) is 0.462. The summed E-state index contributed by atoms with van der Waals surface area (Å²) in [5.41, 5.74) is 10.8. The van der Waals surface area contributed by atoms with Crippen LogP contribution < -0.4 is 16.2 Å². The summed E-state index contributed by atoms with van der Waals surface area (Å²) >= 11 is 0. The molecule has 0 bridgehead atoms. The molecule has 1 rings (SSSR count). The van der Waals surface area contributed by atoms with Crippen LogP contribution in [0.15, 0.2) is 29.2 Å². The lowest BCUT2D eigenvalue weighted by Crippen LogP contribution is -2.42. The van der Waals surface area contributed by atoms with Gasteiger partial charge in [0.25, 0.3) is 0 Å². The minimum absolute atomic E-state index is 0.0558. The van der Waals surface area contributed by atoms with Crippen LogP contribution >= 0.6 is 0 Å². The van der Waals surface area contributed by atoms with Crippen molar-refractivity contribution in [2.24, 2.45) is 16.9 Å². The molecule has 0 fully saturated rings. The molecule has 1 atom stereocenters. The van der Waals surface area contributed by atoms with E-state index in [-0.39, 0.29) is 17.5 Å². The first-order chi connectivity index (χ1) is 9.06. The van der Waals surface area contributed by atoms with E-state index in [1.54, 1.807) is 26.0 Å². The summed E-state index contributed by atoms with van der Waals surface area (Å²) in [6, 6.07) is 6.14. The number of carbonyl (C=O) groups excluding carboxylic acids is 1. The first kappa shape index (κ1) is 16.6. The Hall–Kier alpha value is -1.44. The summed E-state index contributed by atoms with van der Waals surface area (Å²) in [6.45, 7) is 4.92. The van der Waals surface area contributed by atoms with E-state index in [9.17, 15) is 13.2 Å². The highest BCUT2D eigenvalue weighted by Crippen LogP contribution is 2.17. The van der Waals surface area contributed by atoms with Gasteiger partial charge in [0, 0.05) is 12.6 Å². The van der Waals surface area contributed by atoms with Gasteiger partial charge in [-0.25, -0.2) is 13.1 Å². The second-order valence-electron chi connectivity index (χ2n) is 5.43. The summed E-state index contributed by atoms with van der Waals surface area (Å²) in [5, 5.41) is 0. The summed E-state index contributed by atoms with van der Waals surface area (Å²) in [4.78, 5) is 11.3. The summed E-state index contributed by atoms with van der Waals surface area (Å²) < 4.78 is 26.6. The zero-order valence-electron chi connectivity index (χ0n) is 11.9. The van der Waals surface area contributed by atoms with E-state index in [0.29, 0.717) is 0 Å². The van der Waals surface area contributed by atoms with Gasteiger partial charge in [-0.3, -0.25) is 4.79 Å². The van der Waals surface area contributed by atoms with Gasteiger partial charge < -0.3 is 11.5 Å². The Balaban J connectivity index is 2.87. The van der Waals surface area contributed by atoms with E-state index in [1.807, 2.05) is 6.92 Å². The van der Waals surface area contributed by atoms with E-state index < -0.39 is 21.3 Å². The molecule has 0 saturated heterocycles. The molecule has 0 radical (unpaired) electrons. The highest BCUT2D eigenvalue weighted by atomic mass is 32.2. The Morgan fingerprint density at radius 1 is 1.30 bits per heavy atom. The van der Waals surface area contributed by atoms with Crippen LogP contribution in [0.25, 0.3) is 0 Å². The first-order valence-electron chi connectivity index (χ1n) is 6.21. The van der Waals surface area contributed by atoms with E-state index >= 15 is 0 Å². The number of rotatable bonds is 6. The van der Waals surface area contributed by atoms with Gasteiger partial charge in [0.05, 0.1) is 10.3 Å². The van der Waals surface area contributed by atoms with Crippen molar-refractivity contribution in [3.05, 3.63) is 29.8 Å². The molecular weight excluding hydrogens is 278 g/mol. The molecule has 1 amide bonds. The summed E-state index contributed by atoms with van der Waals surface area (Å²) in [7, 11) is -3.67. The number of primary amides is 1. The van der Waals surface area contributed by atoms with Crippen LogP contribution in [0.3, 0.4) is 0 Å². The third-order valence-corrected chi connectivity index (χ3v) is 4.50. The van der Waals surface area contributed by atoms with Gasteiger partial charge in [0.15, 0.2) is 0 Å². The molecular formula is C13H21N3O3S. The molecule has 112 valence electrons. The predicted octanol–water partition coefficient (Wildman–Crippen LogP) is 0.496. The molecule has 0 aliphatic carbocycles. The van der Waals surface area contributed by atoms with Gasteiger partial charge in [-0.2, -0.15) is 0 Å². The van der Waals surface area contributed by atoms with Crippen LogP contribution in [0.1, 0.15) is 32.4 Å². The van der Waals surface area contributed by atoms with Gasteiger partial charge in [0.2, 0.25) is 15.9 Å². The standard InChI is InChI=1S/C13H21N3O3S/c1-9(14)10-4-6-11(7-5-10)20(18,19)16-8-13(2,3)12(15)17/h4-7,9,16H,8,14H2,1-3H3,(H2,15,17). The quantitative estimate of drug-likeness (QED) is 0.709. The largest absolute Gasteiger partial charge is 0.369 e. The highest BCUT2D eigenvalue weighted by molar-refractivity contribution is 7.89. The number of amides is 1. The average molecular weight is 299 g/mol. The molecule has 5 N–H and O–H groups in total. The van der Waals surface area contributed by atoms with Crippen LogP contribution in [0.4, 0.5) is 0 Å². The average Bonchev–Trinajstić information content (AvgIpc) is 2.36. The molecule has 1 aromatic rings. The van der Waals surface area contributed by atoms with Crippen molar-refractivity contribution in [3.63, 3.8) is 0 Å². The molecule has 0 aliphatic rings. The number of hydrogen-bond acceptors (Lipinski definition) is 4. The minimum Gasteiger partial charge on any atom is -0.369 e. The summed E-state index contributed by atoms with van der Waals surface area (Å²) in [5.74, 6) is -0.562. The lowest BCUT2D eigenvalue weighted by Gasteiger charge is -2.20. The number of nitrogens with one attached hydrogen (secondary N) is 1.